The Kier molecular flexibility index (Phi) is 6.07. The number of hydrogen-bond acceptors (Lipinski definition) is 3. The fourth-order valence-electron chi connectivity index (χ4n) is 1.59. The van der Waals surface area contributed by atoms with Gasteiger partial charge in [-0.1, -0.05) is 0 Å². The van der Waals surface area contributed by atoms with Gasteiger partial charge in [-0.3, -0.25) is 9.59 Å². The summed E-state index contributed by atoms with van der Waals surface area (Å²) in [5.74, 6) is -0.119. The fourth-order valence-corrected chi connectivity index (χ4v) is 1.97. The van der Waals surface area contributed by atoms with Gasteiger partial charge in [0.25, 0.3) is 5.56 Å². The summed E-state index contributed by atoms with van der Waals surface area (Å²) in [6, 6.07) is 3.06. The lowest BCUT2D eigenvalue weighted by molar-refractivity contribution is -0.131. The van der Waals surface area contributed by atoms with Crippen LogP contribution in [0.25, 0.3) is 0 Å². The van der Waals surface area contributed by atoms with Crippen molar-refractivity contribution in [1.82, 2.24) is 9.47 Å². The number of carbonyl (C=O) groups is 1. The second-order valence-corrected chi connectivity index (χ2v) is 4.78. The van der Waals surface area contributed by atoms with Gasteiger partial charge in [-0.2, -0.15) is 0 Å². The van der Waals surface area contributed by atoms with Crippen molar-refractivity contribution in [2.24, 2.45) is 0 Å². The van der Waals surface area contributed by atoms with E-state index in [4.69, 9.17) is 5.11 Å². The summed E-state index contributed by atoms with van der Waals surface area (Å²) in [4.78, 5) is 25.2. The molecule has 5 nitrogen and oxygen atoms in total. The number of nitrogens with zero attached hydrogens (tertiary/aromatic N) is 2. The van der Waals surface area contributed by atoms with Crippen molar-refractivity contribution in [2.75, 3.05) is 19.7 Å². The molecule has 0 aliphatic carbocycles. The van der Waals surface area contributed by atoms with Crippen LogP contribution in [0, 0.1) is 0 Å². The van der Waals surface area contributed by atoms with Crippen molar-refractivity contribution in [1.29, 1.82) is 0 Å². The highest BCUT2D eigenvalue weighted by Crippen LogP contribution is 2.05. The molecule has 0 aromatic carbocycles. The molecule has 1 aromatic rings. The maximum atomic E-state index is 12.0. The quantitative estimate of drug-likeness (QED) is 0.846. The average molecular weight is 317 g/mol. The molecule has 18 heavy (non-hydrogen) atoms. The molecule has 0 fully saturated rings. The number of likely N-dealkylation sites (N-methyl/N-ethyl adjacent to an activating group) is 1. The highest BCUT2D eigenvalue weighted by atomic mass is 79.9. The third-order valence-corrected chi connectivity index (χ3v) is 3.04. The smallest absolute Gasteiger partial charge is 0.251 e. The van der Waals surface area contributed by atoms with E-state index in [-0.39, 0.29) is 24.6 Å². The Bertz CT molecular complexity index is 459. The summed E-state index contributed by atoms with van der Waals surface area (Å²) in [5.41, 5.74) is -0.204. The lowest BCUT2D eigenvalue weighted by Gasteiger charge is -2.20. The van der Waals surface area contributed by atoms with Crippen LogP contribution in [-0.4, -0.2) is 40.2 Å². The minimum atomic E-state index is -0.204. The first-order valence-electron chi connectivity index (χ1n) is 5.83. The number of hydrogen-bond donors (Lipinski definition) is 1. The van der Waals surface area contributed by atoms with E-state index < -0.39 is 0 Å². The van der Waals surface area contributed by atoms with Crippen LogP contribution in [0.4, 0.5) is 0 Å². The lowest BCUT2D eigenvalue weighted by atomic mass is 10.3. The summed E-state index contributed by atoms with van der Waals surface area (Å²) < 4.78 is 2.13. The molecular formula is C12H17BrN2O3. The second-order valence-electron chi connectivity index (χ2n) is 3.86. The first-order chi connectivity index (χ1) is 8.58. The van der Waals surface area contributed by atoms with E-state index >= 15 is 0 Å². The SMILES string of the molecule is CCN(CCCO)C(=O)Cn1cc(Br)ccc1=O. The van der Waals surface area contributed by atoms with Gasteiger partial charge in [-0.25, -0.2) is 0 Å². The molecule has 1 amide bonds. The zero-order chi connectivity index (χ0) is 13.5. The molecule has 1 aromatic heterocycles. The van der Waals surface area contributed by atoms with Gasteiger partial charge in [0.1, 0.15) is 6.54 Å². The summed E-state index contributed by atoms with van der Waals surface area (Å²) >= 11 is 3.26. The first kappa shape index (κ1) is 14.9. The van der Waals surface area contributed by atoms with Crippen LogP contribution in [-0.2, 0) is 11.3 Å². The molecule has 0 atom stereocenters. The van der Waals surface area contributed by atoms with Gasteiger partial charge in [0.05, 0.1) is 0 Å². The molecule has 100 valence electrons. The van der Waals surface area contributed by atoms with E-state index in [1.165, 1.54) is 10.6 Å². The molecule has 0 aliphatic rings. The van der Waals surface area contributed by atoms with Crippen LogP contribution in [0.5, 0.6) is 0 Å². The predicted molar refractivity (Wildman–Crippen MR) is 72.4 cm³/mol. The number of aromatic nitrogens is 1. The predicted octanol–water partition coefficient (Wildman–Crippen LogP) is 0.842. The summed E-state index contributed by atoms with van der Waals surface area (Å²) in [6.07, 6.45) is 2.15. The van der Waals surface area contributed by atoms with Gasteiger partial charge in [0.15, 0.2) is 0 Å². The van der Waals surface area contributed by atoms with Crippen molar-refractivity contribution in [2.45, 2.75) is 19.9 Å². The highest BCUT2D eigenvalue weighted by molar-refractivity contribution is 9.10. The summed E-state index contributed by atoms with van der Waals surface area (Å²) in [6.45, 7) is 3.04. The first-order valence-corrected chi connectivity index (χ1v) is 6.62. The third kappa shape index (κ3) is 4.27. The topological polar surface area (TPSA) is 62.5 Å². The maximum Gasteiger partial charge on any atom is 0.251 e. The highest BCUT2D eigenvalue weighted by Gasteiger charge is 2.12. The van der Waals surface area contributed by atoms with Gasteiger partial charge in [0.2, 0.25) is 5.91 Å². The molecule has 1 rings (SSSR count). The number of pyridine rings is 1. The van der Waals surface area contributed by atoms with E-state index in [0.29, 0.717) is 19.5 Å². The molecule has 0 bridgehead atoms. The molecule has 0 spiro atoms. The van der Waals surface area contributed by atoms with Crippen LogP contribution >= 0.6 is 15.9 Å². The minimum absolute atomic E-state index is 0.0253. The van der Waals surface area contributed by atoms with Gasteiger partial charge < -0.3 is 14.6 Å². The standard InChI is InChI=1S/C12H17BrN2O3/c1-2-14(6-3-7-16)12(18)9-15-8-10(13)4-5-11(15)17/h4-5,8,16H,2-3,6-7,9H2,1H3. The molecular weight excluding hydrogens is 300 g/mol. The number of rotatable bonds is 6. The van der Waals surface area contributed by atoms with Crippen LogP contribution in [0.2, 0.25) is 0 Å². The van der Waals surface area contributed by atoms with Crippen LogP contribution < -0.4 is 5.56 Å². The van der Waals surface area contributed by atoms with Crippen molar-refractivity contribution in [3.63, 3.8) is 0 Å². The molecule has 0 aliphatic heterocycles. The van der Waals surface area contributed by atoms with Crippen molar-refractivity contribution in [3.05, 3.63) is 33.2 Å². The molecule has 0 radical (unpaired) electrons. The van der Waals surface area contributed by atoms with Crippen molar-refractivity contribution >= 4 is 21.8 Å². The van der Waals surface area contributed by atoms with E-state index in [1.807, 2.05) is 6.92 Å². The Balaban J connectivity index is 2.73. The number of carbonyl (C=O) groups excluding carboxylic acids is 1. The van der Waals surface area contributed by atoms with Crippen molar-refractivity contribution < 1.29 is 9.90 Å². The van der Waals surface area contributed by atoms with Gasteiger partial charge in [-0.15, -0.1) is 0 Å². The van der Waals surface area contributed by atoms with Gasteiger partial charge in [-0.05, 0) is 35.3 Å². The average Bonchev–Trinajstić information content (AvgIpc) is 2.35. The summed E-state index contributed by atoms with van der Waals surface area (Å²) in [7, 11) is 0. The van der Waals surface area contributed by atoms with Crippen LogP contribution in [0.3, 0.4) is 0 Å². The van der Waals surface area contributed by atoms with E-state index in [2.05, 4.69) is 15.9 Å². The minimum Gasteiger partial charge on any atom is -0.396 e. The Morgan fingerprint density at radius 3 is 2.83 bits per heavy atom. The largest absolute Gasteiger partial charge is 0.396 e. The molecule has 0 saturated heterocycles. The zero-order valence-corrected chi connectivity index (χ0v) is 11.9. The molecule has 1 heterocycles. The molecule has 6 heteroatoms. The van der Waals surface area contributed by atoms with E-state index in [0.717, 1.165) is 4.47 Å². The molecule has 0 unspecified atom stereocenters. The van der Waals surface area contributed by atoms with Crippen LogP contribution in [0.15, 0.2) is 27.6 Å². The Labute approximate surface area is 114 Å². The third-order valence-electron chi connectivity index (χ3n) is 2.57. The number of aliphatic hydroxyl groups is 1. The van der Waals surface area contributed by atoms with Crippen LogP contribution in [0.1, 0.15) is 13.3 Å². The Hall–Kier alpha value is -1.14. The monoisotopic (exact) mass is 316 g/mol. The second kappa shape index (κ2) is 7.33. The molecule has 1 N–H and O–H groups in total. The summed E-state index contributed by atoms with van der Waals surface area (Å²) in [5, 5.41) is 8.76. The normalized spacial score (nSPS) is 10.4. The van der Waals surface area contributed by atoms with Crippen molar-refractivity contribution in [3.8, 4) is 0 Å². The Morgan fingerprint density at radius 1 is 1.50 bits per heavy atom. The van der Waals surface area contributed by atoms with Gasteiger partial charge in [0, 0.05) is 36.4 Å². The maximum absolute atomic E-state index is 12.0. The number of halogens is 1. The van der Waals surface area contributed by atoms with E-state index in [1.54, 1.807) is 17.2 Å². The molecule has 0 saturated carbocycles. The Morgan fingerprint density at radius 2 is 2.22 bits per heavy atom. The fraction of sp³-hybridized carbons (Fsp3) is 0.500. The lowest BCUT2D eigenvalue weighted by Crippen LogP contribution is -2.37. The van der Waals surface area contributed by atoms with E-state index in [9.17, 15) is 9.59 Å². The zero-order valence-electron chi connectivity index (χ0n) is 10.3. The van der Waals surface area contributed by atoms with Gasteiger partial charge >= 0.3 is 0 Å². The number of aliphatic hydroxyl groups excluding tert-OH is 1. The number of amides is 1.